The van der Waals surface area contributed by atoms with Crippen LogP contribution >= 0.6 is 0 Å². The molecule has 14 heavy (non-hydrogen) atoms. The highest BCUT2D eigenvalue weighted by atomic mass is 15.4. The molecule has 1 aromatic heterocycles. The molecule has 0 fully saturated rings. The molecule has 4 heteroatoms. The zero-order valence-corrected chi connectivity index (χ0v) is 7.81. The summed E-state index contributed by atoms with van der Waals surface area (Å²) in [5.41, 5.74) is 5.11. The van der Waals surface area contributed by atoms with Crippen LogP contribution in [0.2, 0.25) is 0 Å². The molecule has 1 unspecified atom stereocenters. The minimum atomic E-state index is 0.174. The van der Waals surface area contributed by atoms with E-state index in [2.05, 4.69) is 21.6 Å². The second-order valence-corrected chi connectivity index (χ2v) is 3.42. The lowest BCUT2D eigenvalue weighted by Crippen LogP contribution is -2.23. The Bertz CT molecular complexity index is 512. The summed E-state index contributed by atoms with van der Waals surface area (Å²) in [6.45, 7) is 2.05. The van der Waals surface area contributed by atoms with E-state index in [1.807, 2.05) is 29.7 Å². The van der Waals surface area contributed by atoms with Crippen LogP contribution in [0, 0.1) is 0 Å². The van der Waals surface area contributed by atoms with Crippen LogP contribution in [0.5, 0.6) is 0 Å². The SMILES string of the molecule is CC1NN=Cn2c1nc1ccccc12. The Morgan fingerprint density at radius 3 is 3.14 bits per heavy atom. The van der Waals surface area contributed by atoms with Gasteiger partial charge >= 0.3 is 0 Å². The fourth-order valence-corrected chi connectivity index (χ4v) is 1.75. The number of hydrogen-bond acceptors (Lipinski definition) is 3. The fourth-order valence-electron chi connectivity index (χ4n) is 1.75. The van der Waals surface area contributed by atoms with Crippen molar-refractivity contribution in [3.63, 3.8) is 0 Å². The van der Waals surface area contributed by atoms with Crippen molar-refractivity contribution in [1.82, 2.24) is 15.0 Å². The normalized spacial score (nSPS) is 19.4. The predicted octanol–water partition coefficient (Wildman–Crippen LogP) is 1.49. The molecule has 0 aliphatic carbocycles. The first-order valence-electron chi connectivity index (χ1n) is 4.62. The molecule has 3 rings (SSSR count). The molecule has 0 amide bonds. The van der Waals surface area contributed by atoms with Gasteiger partial charge in [0.1, 0.15) is 12.2 Å². The lowest BCUT2D eigenvalue weighted by Gasteiger charge is -2.15. The number of imidazole rings is 1. The van der Waals surface area contributed by atoms with Crippen molar-refractivity contribution in [2.24, 2.45) is 5.10 Å². The Morgan fingerprint density at radius 1 is 1.36 bits per heavy atom. The summed E-state index contributed by atoms with van der Waals surface area (Å²) in [7, 11) is 0. The minimum Gasteiger partial charge on any atom is -0.298 e. The Balaban J connectivity index is 2.39. The van der Waals surface area contributed by atoms with Crippen molar-refractivity contribution in [2.45, 2.75) is 13.0 Å². The molecule has 1 N–H and O–H groups in total. The average molecular weight is 186 g/mol. The molecule has 1 aliphatic heterocycles. The number of aromatic nitrogens is 2. The summed E-state index contributed by atoms with van der Waals surface area (Å²) >= 11 is 0. The quantitative estimate of drug-likeness (QED) is 0.677. The summed E-state index contributed by atoms with van der Waals surface area (Å²) in [6, 6.07) is 8.25. The standard InChI is InChI=1S/C10H10N4/c1-7-10-12-8-4-2-3-5-9(8)14(10)6-11-13-7/h2-7,13H,1H3. The number of hydrazone groups is 1. The van der Waals surface area contributed by atoms with Gasteiger partial charge in [0.2, 0.25) is 0 Å². The van der Waals surface area contributed by atoms with Gasteiger partial charge in [0.15, 0.2) is 0 Å². The third-order valence-electron chi connectivity index (χ3n) is 2.45. The van der Waals surface area contributed by atoms with Crippen molar-refractivity contribution < 1.29 is 0 Å². The number of nitrogens with one attached hydrogen (secondary N) is 1. The third kappa shape index (κ3) is 0.878. The van der Waals surface area contributed by atoms with Gasteiger partial charge < -0.3 is 0 Å². The van der Waals surface area contributed by atoms with Crippen molar-refractivity contribution in [1.29, 1.82) is 0 Å². The second-order valence-electron chi connectivity index (χ2n) is 3.42. The molecule has 0 saturated heterocycles. The van der Waals surface area contributed by atoms with Gasteiger partial charge in [0.25, 0.3) is 0 Å². The maximum Gasteiger partial charge on any atom is 0.139 e. The van der Waals surface area contributed by atoms with Crippen molar-refractivity contribution in [3.05, 3.63) is 30.1 Å². The lowest BCUT2D eigenvalue weighted by molar-refractivity contribution is 0.553. The van der Waals surface area contributed by atoms with E-state index in [1.165, 1.54) is 0 Å². The number of hydrogen-bond donors (Lipinski definition) is 1. The van der Waals surface area contributed by atoms with Crippen LogP contribution in [0.15, 0.2) is 29.4 Å². The zero-order chi connectivity index (χ0) is 9.54. The van der Waals surface area contributed by atoms with E-state index in [1.54, 1.807) is 6.34 Å². The van der Waals surface area contributed by atoms with E-state index < -0.39 is 0 Å². The Hall–Kier alpha value is -1.84. The van der Waals surface area contributed by atoms with Crippen LogP contribution < -0.4 is 5.43 Å². The fraction of sp³-hybridized carbons (Fsp3) is 0.200. The van der Waals surface area contributed by atoms with Gasteiger partial charge in [-0.15, -0.1) is 0 Å². The molecule has 0 bridgehead atoms. The molecule has 2 aromatic rings. The van der Waals surface area contributed by atoms with Gasteiger partial charge in [0, 0.05) is 0 Å². The van der Waals surface area contributed by atoms with E-state index in [9.17, 15) is 0 Å². The summed E-state index contributed by atoms with van der Waals surface area (Å²) in [4.78, 5) is 4.54. The van der Waals surface area contributed by atoms with Crippen molar-refractivity contribution >= 4 is 17.4 Å². The topological polar surface area (TPSA) is 42.2 Å². The van der Waals surface area contributed by atoms with Crippen molar-refractivity contribution in [3.8, 4) is 0 Å². The number of nitrogens with zero attached hydrogens (tertiary/aromatic N) is 3. The monoisotopic (exact) mass is 186 g/mol. The molecule has 4 nitrogen and oxygen atoms in total. The van der Waals surface area contributed by atoms with Crippen LogP contribution in [0.4, 0.5) is 0 Å². The van der Waals surface area contributed by atoms with Gasteiger partial charge in [-0.25, -0.2) is 4.98 Å². The number of para-hydroxylation sites is 2. The first-order chi connectivity index (χ1) is 6.86. The smallest absolute Gasteiger partial charge is 0.139 e. The molecule has 1 atom stereocenters. The van der Waals surface area contributed by atoms with Gasteiger partial charge in [-0.2, -0.15) is 5.10 Å². The van der Waals surface area contributed by atoms with Gasteiger partial charge in [-0.3, -0.25) is 9.99 Å². The van der Waals surface area contributed by atoms with Gasteiger partial charge in [-0.05, 0) is 19.1 Å². The molecular weight excluding hydrogens is 176 g/mol. The molecular formula is C10H10N4. The Morgan fingerprint density at radius 2 is 2.21 bits per heavy atom. The Labute approximate surface area is 81.3 Å². The van der Waals surface area contributed by atoms with Crippen LogP contribution in [0.3, 0.4) is 0 Å². The van der Waals surface area contributed by atoms with E-state index in [-0.39, 0.29) is 6.04 Å². The molecule has 0 radical (unpaired) electrons. The Kier molecular flexibility index (Phi) is 1.39. The second kappa shape index (κ2) is 2.57. The van der Waals surface area contributed by atoms with E-state index in [4.69, 9.17) is 0 Å². The first kappa shape index (κ1) is 7.55. The van der Waals surface area contributed by atoms with E-state index in [0.717, 1.165) is 16.9 Å². The predicted molar refractivity (Wildman–Crippen MR) is 55.2 cm³/mol. The highest BCUT2D eigenvalue weighted by Gasteiger charge is 2.17. The summed E-state index contributed by atoms with van der Waals surface area (Å²) in [6.07, 6.45) is 1.77. The minimum absolute atomic E-state index is 0.174. The van der Waals surface area contributed by atoms with Gasteiger partial charge in [-0.1, -0.05) is 12.1 Å². The van der Waals surface area contributed by atoms with Crippen LogP contribution in [0.1, 0.15) is 18.8 Å². The summed E-state index contributed by atoms with van der Waals surface area (Å²) in [5, 5.41) is 4.07. The number of rotatable bonds is 0. The maximum atomic E-state index is 4.54. The van der Waals surface area contributed by atoms with Crippen LogP contribution in [-0.4, -0.2) is 15.9 Å². The van der Waals surface area contributed by atoms with Crippen molar-refractivity contribution in [2.75, 3.05) is 0 Å². The molecule has 1 aromatic carbocycles. The molecule has 2 heterocycles. The molecule has 0 saturated carbocycles. The third-order valence-corrected chi connectivity index (χ3v) is 2.45. The van der Waals surface area contributed by atoms with E-state index >= 15 is 0 Å². The number of benzene rings is 1. The van der Waals surface area contributed by atoms with E-state index in [0.29, 0.717) is 0 Å². The first-order valence-corrected chi connectivity index (χ1v) is 4.62. The molecule has 0 spiro atoms. The molecule has 70 valence electrons. The summed E-state index contributed by atoms with van der Waals surface area (Å²) < 4.78 is 2.02. The highest BCUT2D eigenvalue weighted by molar-refractivity contribution is 5.84. The maximum absolute atomic E-state index is 4.54. The molecule has 1 aliphatic rings. The average Bonchev–Trinajstić information content (AvgIpc) is 2.59. The number of fused-ring (bicyclic) bond motifs is 3. The summed E-state index contributed by atoms with van der Waals surface area (Å²) in [5.74, 6) is 1.02. The lowest BCUT2D eigenvalue weighted by atomic mass is 10.3. The highest BCUT2D eigenvalue weighted by Crippen LogP contribution is 2.20. The van der Waals surface area contributed by atoms with Crippen LogP contribution in [-0.2, 0) is 0 Å². The van der Waals surface area contributed by atoms with Crippen LogP contribution in [0.25, 0.3) is 11.0 Å². The largest absolute Gasteiger partial charge is 0.298 e. The zero-order valence-electron chi connectivity index (χ0n) is 7.81. The van der Waals surface area contributed by atoms with Gasteiger partial charge in [0.05, 0.1) is 17.1 Å².